The predicted octanol–water partition coefficient (Wildman–Crippen LogP) is 3.17. The molecule has 2 aromatic heterocycles. The van der Waals surface area contributed by atoms with Gasteiger partial charge in [0, 0.05) is 29.8 Å². The van der Waals surface area contributed by atoms with E-state index in [0.29, 0.717) is 22.8 Å². The molecule has 0 amide bonds. The summed E-state index contributed by atoms with van der Waals surface area (Å²) in [6, 6.07) is 13.9. The zero-order valence-electron chi connectivity index (χ0n) is 15.7. The number of ether oxygens (including phenoxy) is 2. The van der Waals surface area contributed by atoms with Crippen molar-refractivity contribution in [3.05, 3.63) is 70.7 Å². The van der Waals surface area contributed by atoms with E-state index in [1.807, 2.05) is 24.3 Å². The van der Waals surface area contributed by atoms with Crippen LogP contribution in [0.2, 0.25) is 0 Å². The van der Waals surface area contributed by atoms with Gasteiger partial charge in [-0.05, 0) is 25.1 Å². The van der Waals surface area contributed by atoms with Gasteiger partial charge in [0.05, 0.1) is 12.1 Å². The van der Waals surface area contributed by atoms with Crippen LogP contribution in [0.3, 0.4) is 0 Å². The minimum Gasteiger partial charge on any atom is -0.490 e. The molecule has 0 aliphatic carbocycles. The molecule has 2 aromatic carbocycles. The molecule has 0 aliphatic heterocycles. The third-order valence-corrected chi connectivity index (χ3v) is 4.37. The first-order valence-corrected chi connectivity index (χ1v) is 9.07. The Balaban J connectivity index is 1.81. The Hall–Kier alpha value is -3.42. The van der Waals surface area contributed by atoms with Crippen LogP contribution < -0.4 is 14.9 Å². The molecule has 7 heteroatoms. The molecule has 0 radical (unpaired) electrons. The van der Waals surface area contributed by atoms with E-state index in [-0.39, 0.29) is 23.2 Å². The Morgan fingerprint density at radius 1 is 1.14 bits per heavy atom. The molecule has 29 heavy (non-hydrogen) atoms. The lowest BCUT2D eigenvalue weighted by atomic mass is 10.1. The number of aromatic nitrogens is 1. The van der Waals surface area contributed by atoms with Crippen molar-refractivity contribution >= 4 is 21.9 Å². The maximum atomic E-state index is 12.5. The monoisotopic (exact) mass is 393 g/mol. The molecule has 0 fully saturated rings. The molecule has 1 unspecified atom stereocenters. The van der Waals surface area contributed by atoms with E-state index in [1.165, 1.54) is 6.07 Å². The number of hydrogen-bond donors (Lipinski definition) is 2. The second-order valence-corrected chi connectivity index (χ2v) is 6.59. The summed E-state index contributed by atoms with van der Waals surface area (Å²) in [5, 5.41) is 19.7. The van der Waals surface area contributed by atoms with Gasteiger partial charge in [0.25, 0.3) is 0 Å². The second-order valence-electron chi connectivity index (χ2n) is 6.59. The van der Waals surface area contributed by atoms with Crippen molar-refractivity contribution in [2.45, 2.75) is 13.0 Å². The van der Waals surface area contributed by atoms with Crippen molar-refractivity contribution in [1.82, 2.24) is 4.98 Å². The van der Waals surface area contributed by atoms with Crippen LogP contribution in [0.4, 0.5) is 0 Å². The Labute approximate surface area is 165 Å². The number of aliphatic hydroxyl groups excluding tert-OH is 2. The van der Waals surface area contributed by atoms with Crippen LogP contribution in [-0.4, -0.2) is 34.5 Å². The fraction of sp³-hybridized carbons (Fsp3) is 0.182. The van der Waals surface area contributed by atoms with Crippen molar-refractivity contribution in [3.8, 4) is 17.2 Å². The number of fused-ring (bicyclic) bond motifs is 2. The van der Waals surface area contributed by atoms with Gasteiger partial charge in [-0.2, -0.15) is 0 Å². The van der Waals surface area contributed by atoms with Crippen LogP contribution in [0.25, 0.3) is 21.9 Å². The highest BCUT2D eigenvalue weighted by atomic mass is 16.5. The van der Waals surface area contributed by atoms with Crippen LogP contribution in [0.15, 0.2) is 63.9 Å². The zero-order chi connectivity index (χ0) is 20.4. The number of rotatable bonds is 6. The molecule has 4 aromatic rings. The van der Waals surface area contributed by atoms with Crippen LogP contribution in [0, 0.1) is 6.92 Å². The topological polar surface area (TPSA) is 102 Å². The third kappa shape index (κ3) is 3.91. The van der Waals surface area contributed by atoms with Gasteiger partial charge in [-0.15, -0.1) is 0 Å². The number of benzene rings is 2. The maximum absolute atomic E-state index is 12.5. The molecular weight excluding hydrogens is 374 g/mol. The molecule has 7 nitrogen and oxygen atoms in total. The smallest absolute Gasteiger partial charge is 0.196 e. The van der Waals surface area contributed by atoms with Gasteiger partial charge >= 0.3 is 0 Å². The van der Waals surface area contributed by atoms with E-state index in [0.717, 1.165) is 10.9 Å². The number of nitrogens with zero attached hydrogens (tertiary/aromatic N) is 1. The van der Waals surface area contributed by atoms with Crippen LogP contribution >= 0.6 is 0 Å². The van der Waals surface area contributed by atoms with Crippen molar-refractivity contribution in [2.24, 2.45) is 0 Å². The fourth-order valence-corrected chi connectivity index (χ4v) is 3.05. The largest absolute Gasteiger partial charge is 0.490 e. The van der Waals surface area contributed by atoms with E-state index in [9.17, 15) is 9.90 Å². The summed E-state index contributed by atoms with van der Waals surface area (Å²) >= 11 is 0. The molecule has 0 saturated heterocycles. The van der Waals surface area contributed by atoms with E-state index in [4.69, 9.17) is 19.0 Å². The molecule has 0 aliphatic rings. The summed E-state index contributed by atoms with van der Waals surface area (Å²) < 4.78 is 17.4. The number of aliphatic hydroxyl groups is 2. The van der Waals surface area contributed by atoms with Gasteiger partial charge in [0.1, 0.15) is 46.7 Å². The van der Waals surface area contributed by atoms with Crippen molar-refractivity contribution < 1.29 is 24.1 Å². The highest BCUT2D eigenvalue weighted by Gasteiger charge is 2.15. The van der Waals surface area contributed by atoms with E-state index < -0.39 is 12.7 Å². The van der Waals surface area contributed by atoms with E-state index >= 15 is 0 Å². The summed E-state index contributed by atoms with van der Waals surface area (Å²) in [6.45, 7) is 1.05. The average Bonchev–Trinajstić information content (AvgIpc) is 2.71. The summed E-state index contributed by atoms with van der Waals surface area (Å²) in [4.78, 5) is 16.8. The molecule has 148 valence electrons. The maximum Gasteiger partial charge on any atom is 0.196 e. The third-order valence-electron chi connectivity index (χ3n) is 4.37. The quantitative estimate of drug-likeness (QED) is 0.519. The molecule has 0 spiro atoms. The van der Waals surface area contributed by atoms with E-state index in [1.54, 1.807) is 31.3 Å². The van der Waals surface area contributed by atoms with Crippen LogP contribution in [0.1, 0.15) is 5.76 Å². The average molecular weight is 393 g/mol. The fourth-order valence-electron chi connectivity index (χ4n) is 3.05. The minimum atomic E-state index is -1.07. The number of aryl methyl sites for hydroxylation is 1. The molecule has 0 saturated carbocycles. The van der Waals surface area contributed by atoms with E-state index in [2.05, 4.69) is 4.98 Å². The summed E-state index contributed by atoms with van der Waals surface area (Å²) in [7, 11) is 0. The number of hydrogen-bond acceptors (Lipinski definition) is 7. The summed E-state index contributed by atoms with van der Waals surface area (Å²) in [5.41, 5.74) is 0.827. The first-order valence-electron chi connectivity index (χ1n) is 9.07. The minimum absolute atomic E-state index is 0.180. The van der Waals surface area contributed by atoms with Crippen molar-refractivity contribution in [2.75, 3.05) is 13.2 Å². The standard InChI is InChI=1S/C22H19NO6/c1-13-8-18(26)22-20(27-12-14(25)11-24)9-15(10-21(22)28-13)29-19-6-7-23-17-5-3-2-4-16(17)19/h2-10,14,24-25H,11-12H2,1H3. The first kappa shape index (κ1) is 18.9. The molecular formula is C22H19NO6. The van der Waals surface area contributed by atoms with Gasteiger partial charge in [-0.3, -0.25) is 9.78 Å². The van der Waals surface area contributed by atoms with Gasteiger partial charge in [-0.1, -0.05) is 12.1 Å². The Kier molecular flexibility index (Phi) is 5.16. The molecule has 2 heterocycles. The zero-order valence-corrected chi connectivity index (χ0v) is 15.7. The first-order chi connectivity index (χ1) is 14.0. The SMILES string of the molecule is Cc1cc(=O)c2c(OCC(O)CO)cc(Oc3ccnc4ccccc34)cc2o1. The highest BCUT2D eigenvalue weighted by Crippen LogP contribution is 2.34. The molecule has 1 atom stereocenters. The molecule has 4 rings (SSSR count). The molecule has 2 N–H and O–H groups in total. The van der Waals surface area contributed by atoms with Gasteiger partial charge < -0.3 is 24.1 Å². The second kappa shape index (κ2) is 7.90. The normalized spacial score (nSPS) is 12.2. The lowest BCUT2D eigenvalue weighted by molar-refractivity contribution is 0.0540. The van der Waals surface area contributed by atoms with Crippen LogP contribution in [0.5, 0.6) is 17.2 Å². The highest BCUT2D eigenvalue weighted by molar-refractivity contribution is 5.87. The number of pyridine rings is 1. The van der Waals surface area contributed by atoms with Gasteiger partial charge in [-0.25, -0.2) is 0 Å². The van der Waals surface area contributed by atoms with Gasteiger partial charge in [0.2, 0.25) is 0 Å². The summed E-state index contributed by atoms with van der Waals surface area (Å²) in [6.07, 6.45) is 0.578. The van der Waals surface area contributed by atoms with Gasteiger partial charge in [0.15, 0.2) is 5.43 Å². The Morgan fingerprint density at radius 3 is 2.79 bits per heavy atom. The number of para-hydroxylation sites is 1. The Bertz CT molecular complexity index is 1230. The lowest BCUT2D eigenvalue weighted by Gasteiger charge is -2.14. The predicted molar refractivity (Wildman–Crippen MR) is 108 cm³/mol. The Morgan fingerprint density at radius 2 is 1.97 bits per heavy atom. The van der Waals surface area contributed by atoms with Crippen molar-refractivity contribution in [3.63, 3.8) is 0 Å². The molecule has 0 bridgehead atoms. The lowest BCUT2D eigenvalue weighted by Crippen LogP contribution is -2.21. The summed E-state index contributed by atoms with van der Waals surface area (Å²) in [5.74, 6) is 1.65. The van der Waals surface area contributed by atoms with Crippen molar-refractivity contribution in [1.29, 1.82) is 0 Å². The van der Waals surface area contributed by atoms with Crippen LogP contribution in [-0.2, 0) is 0 Å².